The van der Waals surface area contributed by atoms with Gasteiger partial charge in [0.25, 0.3) is 0 Å². The van der Waals surface area contributed by atoms with Gasteiger partial charge in [-0.15, -0.1) is 0 Å². The molecule has 1 aromatic rings. The van der Waals surface area contributed by atoms with Crippen LogP contribution < -0.4 is 4.72 Å². The Balaban J connectivity index is 2.60. The Kier molecular flexibility index (Phi) is 4.67. The van der Waals surface area contributed by atoms with E-state index in [1.54, 1.807) is 24.3 Å². The van der Waals surface area contributed by atoms with E-state index in [-0.39, 0.29) is 5.75 Å². The highest BCUT2D eigenvalue weighted by Crippen LogP contribution is 2.08. The van der Waals surface area contributed by atoms with Crippen LogP contribution in [-0.2, 0) is 10.0 Å². The molecule has 0 bridgehead atoms. The molecule has 5 heteroatoms. The molecule has 0 radical (unpaired) electrons. The fourth-order valence-corrected chi connectivity index (χ4v) is 3.00. The molecule has 0 spiro atoms. The highest BCUT2D eigenvalue weighted by Gasteiger charge is 2.08. The first-order valence-corrected chi connectivity index (χ1v) is 7.43. The molecule has 0 unspecified atom stereocenters. The Bertz CT molecular complexity index is 364. The third kappa shape index (κ3) is 4.28. The third-order valence-corrected chi connectivity index (χ3v) is 3.73. The quantitative estimate of drug-likeness (QED) is 0.667. The SMILES string of the molecule is O=S(=O)(CCCI)Nc1ccccc1. The summed E-state index contributed by atoms with van der Waals surface area (Å²) in [6, 6.07) is 8.93. The van der Waals surface area contributed by atoms with Crippen molar-refractivity contribution in [1.82, 2.24) is 0 Å². The lowest BCUT2D eigenvalue weighted by Crippen LogP contribution is -2.16. The molecular weight excluding hydrogens is 313 g/mol. The van der Waals surface area contributed by atoms with E-state index in [0.29, 0.717) is 12.1 Å². The van der Waals surface area contributed by atoms with Gasteiger partial charge < -0.3 is 0 Å². The number of halogens is 1. The van der Waals surface area contributed by atoms with Crippen LogP contribution in [-0.4, -0.2) is 18.6 Å². The van der Waals surface area contributed by atoms with E-state index < -0.39 is 10.0 Å². The van der Waals surface area contributed by atoms with Crippen LogP contribution in [0.5, 0.6) is 0 Å². The maximum absolute atomic E-state index is 11.4. The summed E-state index contributed by atoms with van der Waals surface area (Å²) in [6.45, 7) is 0. The van der Waals surface area contributed by atoms with Gasteiger partial charge >= 0.3 is 0 Å². The summed E-state index contributed by atoms with van der Waals surface area (Å²) in [4.78, 5) is 0. The third-order valence-electron chi connectivity index (χ3n) is 1.59. The van der Waals surface area contributed by atoms with E-state index >= 15 is 0 Å². The molecule has 0 aliphatic rings. The summed E-state index contributed by atoms with van der Waals surface area (Å²) < 4.78 is 26.3. The monoisotopic (exact) mass is 325 g/mol. The predicted octanol–water partition coefficient (Wildman–Crippen LogP) is 2.25. The Morgan fingerprint density at radius 2 is 1.86 bits per heavy atom. The van der Waals surface area contributed by atoms with Crippen molar-refractivity contribution >= 4 is 38.3 Å². The van der Waals surface area contributed by atoms with E-state index in [9.17, 15) is 8.42 Å². The van der Waals surface area contributed by atoms with Crippen molar-refractivity contribution in [2.45, 2.75) is 6.42 Å². The molecule has 0 atom stereocenters. The molecule has 0 heterocycles. The van der Waals surface area contributed by atoms with Crippen LogP contribution in [0.15, 0.2) is 30.3 Å². The van der Waals surface area contributed by atoms with Crippen molar-refractivity contribution in [1.29, 1.82) is 0 Å². The first-order chi connectivity index (χ1) is 6.64. The van der Waals surface area contributed by atoms with Gasteiger partial charge in [0.15, 0.2) is 0 Å². The lowest BCUT2D eigenvalue weighted by atomic mass is 10.3. The van der Waals surface area contributed by atoms with Crippen molar-refractivity contribution in [3.63, 3.8) is 0 Å². The van der Waals surface area contributed by atoms with E-state index in [2.05, 4.69) is 27.3 Å². The fourth-order valence-electron chi connectivity index (χ4n) is 0.981. The molecule has 3 nitrogen and oxygen atoms in total. The zero-order chi connectivity index (χ0) is 10.4. The highest BCUT2D eigenvalue weighted by molar-refractivity contribution is 14.1. The minimum Gasteiger partial charge on any atom is -0.284 e. The highest BCUT2D eigenvalue weighted by atomic mass is 127. The summed E-state index contributed by atoms with van der Waals surface area (Å²) in [5.41, 5.74) is 0.626. The molecule has 1 N–H and O–H groups in total. The molecular formula is C9H12INO2S. The summed E-state index contributed by atoms with van der Waals surface area (Å²) in [5, 5.41) is 0. The van der Waals surface area contributed by atoms with Crippen molar-refractivity contribution in [3.05, 3.63) is 30.3 Å². The average Bonchev–Trinajstić information content (AvgIpc) is 2.16. The van der Waals surface area contributed by atoms with Crippen molar-refractivity contribution in [2.75, 3.05) is 14.9 Å². The maximum atomic E-state index is 11.4. The number of benzene rings is 1. The fraction of sp³-hybridized carbons (Fsp3) is 0.333. The van der Waals surface area contributed by atoms with Gasteiger partial charge in [-0.05, 0) is 18.6 Å². The van der Waals surface area contributed by atoms with E-state index in [1.807, 2.05) is 6.07 Å². The van der Waals surface area contributed by atoms with Gasteiger partial charge in [0.05, 0.1) is 5.75 Å². The zero-order valence-corrected chi connectivity index (χ0v) is 10.6. The van der Waals surface area contributed by atoms with Crippen LogP contribution in [0.25, 0.3) is 0 Å². The minimum absolute atomic E-state index is 0.185. The number of rotatable bonds is 5. The molecule has 0 aliphatic carbocycles. The first kappa shape index (κ1) is 11.8. The van der Waals surface area contributed by atoms with Crippen LogP contribution in [0.3, 0.4) is 0 Å². The molecule has 78 valence electrons. The van der Waals surface area contributed by atoms with Crippen LogP contribution in [0.4, 0.5) is 5.69 Å². The smallest absolute Gasteiger partial charge is 0.232 e. The van der Waals surface area contributed by atoms with Gasteiger partial charge in [-0.3, -0.25) is 4.72 Å². The predicted molar refractivity (Wildman–Crippen MR) is 67.4 cm³/mol. The van der Waals surface area contributed by atoms with Gasteiger partial charge in [-0.2, -0.15) is 0 Å². The largest absolute Gasteiger partial charge is 0.284 e. The van der Waals surface area contributed by atoms with Crippen molar-refractivity contribution in [2.24, 2.45) is 0 Å². The number of hydrogen-bond acceptors (Lipinski definition) is 2. The maximum Gasteiger partial charge on any atom is 0.232 e. The van der Waals surface area contributed by atoms with E-state index in [1.165, 1.54) is 0 Å². The Morgan fingerprint density at radius 1 is 1.21 bits per heavy atom. The number of para-hydroxylation sites is 1. The molecule has 0 amide bonds. The lowest BCUT2D eigenvalue weighted by molar-refractivity contribution is 0.600. The molecule has 0 aliphatic heterocycles. The van der Waals surface area contributed by atoms with Crippen LogP contribution in [0, 0.1) is 0 Å². The van der Waals surface area contributed by atoms with Gasteiger partial charge in [0.2, 0.25) is 10.0 Å². The molecule has 14 heavy (non-hydrogen) atoms. The molecule has 0 saturated heterocycles. The average molecular weight is 325 g/mol. The molecule has 1 aromatic carbocycles. The Labute approximate surface area is 98.1 Å². The van der Waals surface area contributed by atoms with Crippen molar-refractivity contribution in [3.8, 4) is 0 Å². The second-order valence-electron chi connectivity index (χ2n) is 2.83. The standard InChI is InChI=1S/C9H12INO2S/c10-7-4-8-14(12,13)11-9-5-2-1-3-6-9/h1-3,5-6,11H,4,7-8H2. The summed E-state index contributed by atoms with van der Waals surface area (Å²) >= 11 is 2.17. The summed E-state index contributed by atoms with van der Waals surface area (Å²) in [5.74, 6) is 0.185. The second-order valence-corrected chi connectivity index (χ2v) is 5.75. The van der Waals surface area contributed by atoms with Gasteiger partial charge in [-0.25, -0.2) is 8.42 Å². The number of alkyl halides is 1. The molecule has 0 fully saturated rings. The van der Waals surface area contributed by atoms with Gasteiger partial charge in [0, 0.05) is 10.1 Å². The Hall–Kier alpha value is -0.300. The topological polar surface area (TPSA) is 46.2 Å². The summed E-state index contributed by atoms with van der Waals surface area (Å²) in [7, 11) is -3.15. The van der Waals surface area contributed by atoms with Crippen LogP contribution in [0.2, 0.25) is 0 Å². The number of sulfonamides is 1. The number of anilines is 1. The second kappa shape index (κ2) is 5.55. The van der Waals surface area contributed by atoms with Crippen LogP contribution >= 0.6 is 22.6 Å². The molecule has 0 saturated carbocycles. The minimum atomic E-state index is -3.15. The van der Waals surface area contributed by atoms with E-state index in [4.69, 9.17) is 0 Å². The van der Waals surface area contributed by atoms with Crippen LogP contribution in [0.1, 0.15) is 6.42 Å². The van der Waals surface area contributed by atoms with Gasteiger partial charge in [0.1, 0.15) is 0 Å². The van der Waals surface area contributed by atoms with Gasteiger partial charge in [-0.1, -0.05) is 40.8 Å². The number of hydrogen-bond donors (Lipinski definition) is 1. The van der Waals surface area contributed by atoms with E-state index in [0.717, 1.165) is 4.43 Å². The molecule has 0 aromatic heterocycles. The Morgan fingerprint density at radius 3 is 2.43 bits per heavy atom. The first-order valence-electron chi connectivity index (χ1n) is 4.25. The molecule has 1 rings (SSSR count). The summed E-state index contributed by atoms with van der Waals surface area (Å²) in [6.07, 6.45) is 0.683. The normalized spacial score (nSPS) is 11.2. The lowest BCUT2D eigenvalue weighted by Gasteiger charge is -2.06. The zero-order valence-electron chi connectivity index (χ0n) is 7.61. The number of nitrogens with one attached hydrogen (secondary N) is 1. The van der Waals surface area contributed by atoms with Crippen molar-refractivity contribution < 1.29 is 8.42 Å².